The van der Waals surface area contributed by atoms with E-state index in [1.807, 2.05) is 6.92 Å². The summed E-state index contributed by atoms with van der Waals surface area (Å²) in [6.07, 6.45) is 0. The maximum absolute atomic E-state index is 4.76. The first-order chi connectivity index (χ1) is 3.68. The van der Waals surface area contributed by atoms with Gasteiger partial charge in [0.15, 0.2) is 0 Å². The monoisotopic (exact) mass is 118 g/mol. The van der Waals surface area contributed by atoms with Crippen LogP contribution in [0.3, 0.4) is 0 Å². The molecule has 0 aliphatic heterocycles. The second-order valence-corrected chi connectivity index (χ2v) is 2.27. The van der Waals surface area contributed by atoms with Gasteiger partial charge in [0.1, 0.15) is 0 Å². The van der Waals surface area contributed by atoms with Gasteiger partial charge < -0.3 is 0 Å². The molecule has 0 aromatic carbocycles. The van der Waals surface area contributed by atoms with E-state index in [-0.39, 0.29) is 0 Å². The molecule has 0 radical (unpaired) electrons. The lowest BCUT2D eigenvalue weighted by molar-refractivity contribution is 0.00864. The van der Waals surface area contributed by atoms with Gasteiger partial charge >= 0.3 is 0 Å². The number of rotatable bonds is 3. The predicted molar refractivity (Wildman–Crippen MR) is 32.7 cm³/mol. The Hall–Kier alpha value is -0.120. The SMILES string of the molecule is CC(C)C(C)NON. The van der Waals surface area contributed by atoms with Gasteiger partial charge in [-0.2, -0.15) is 11.4 Å². The first-order valence-corrected chi connectivity index (χ1v) is 2.79. The highest BCUT2D eigenvalue weighted by Crippen LogP contribution is 1.97. The smallest absolute Gasteiger partial charge is 0.0335 e. The van der Waals surface area contributed by atoms with Crippen LogP contribution in [-0.2, 0) is 4.94 Å². The lowest BCUT2D eigenvalue weighted by atomic mass is 10.1. The van der Waals surface area contributed by atoms with Crippen molar-refractivity contribution in [3.63, 3.8) is 0 Å². The molecule has 3 nitrogen and oxygen atoms in total. The number of nitrogens with one attached hydrogen (secondary N) is 1. The molecule has 1 atom stereocenters. The maximum atomic E-state index is 4.76. The summed E-state index contributed by atoms with van der Waals surface area (Å²) in [5, 5.41) is 0. The van der Waals surface area contributed by atoms with E-state index in [4.69, 9.17) is 5.90 Å². The van der Waals surface area contributed by atoms with Gasteiger partial charge in [-0.05, 0) is 12.8 Å². The second-order valence-electron chi connectivity index (χ2n) is 2.27. The summed E-state index contributed by atoms with van der Waals surface area (Å²) in [6.45, 7) is 6.20. The van der Waals surface area contributed by atoms with Crippen molar-refractivity contribution in [2.24, 2.45) is 11.8 Å². The first kappa shape index (κ1) is 7.88. The van der Waals surface area contributed by atoms with E-state index < -0.39 is 0 Å². The van der Waals surface area contributed by atoms with Gasteiger partial charge in [0.2, 0.25) is 0 Å². The Bertz CT molecular complexity index is 56.4. The molecule has 0 aromatic heterocycles. The third-order valence-corrected chi connectivity index (χ3v) is 1.25. The predicted octanol–water partition coefficient (Wildman–Crippen LogP) is 0.426. The third-order valence-electron chi connectivity index (χ3n) is 1.25. The Morgan fingerprint density at radius 2 is 1.88 bits per heavy atom. The fourth-order valence-electron chi connectivity index (χ4n) is 0.243. The quantitative estimate of drug-likeness (QED) is 0.528. The van der Waals surface area contributed by atoms with Crippen LogP contribution in [0.5, 0.6) is 0 Å². The van der Waals surface area contributed by atoms with Gasteiger partial charge in [0, 0.05) is 6.04 Å². The Kier molecular flexibility index (Phi) is 3.77. The number of hydrogen-bond donors (Lipinski definition) is 2. The molecule has 0 aromatic rings. The minimum atomic E-state index is 0.319. The molecule has 0 aliphatic carbocycles. The summed E-state index contributed by atoms with van der Waals surface area (Å²) < 4.78 is 0. The molecule has 3 heteroatoms. The molecule has 0 amide bonds. The van der Waals surface area contributed by atoms with Crippen LogP contribution in [0.4, 0.5) is 0 Å². The highest BCUT2D eigenvalue weighted by molar-refractivity contribution is 4.57. The van der Waals surface area contributed by atoms with E-state index in [2.05, 4.69) is 24.3 Å². The summed E-state index contributed by atoms with van der Waals surface area (Å²) in [4.78, 5) is 4.21. The fourth-order valence-corrected chi connectivity index (χ4v) is 0.243. The minimum absolute atomic E-state index is 0.319. The van der Waals surface area contributed by atoms with Gasteiger partial charge in [0.25, 0.3) is 0 Å². The highest BCUT2D eigenvalue weighted by Gasteiger charge is 2.03. The van der Waals surface area contributed by atoms with E-state index in [1.54, 1.807) is 0 Å². The molecule has 0 aliphatic rings. The molecule has 0 fully saturated rings. The van der Waals surface area contributed by atoms with Gasteiger partial charge in [-0.25, -0.2) is 4.94 Å². The van der Waals surface area contributed by atoms with Crippen molar-refractivity contribution in [1.29, 1.82) is 0 Å². The molecular weight excluding hydrogens is 104 g/mol. The van der Waals surface area contributed by atoms with Crippen LogP contribution in [0.2, 0.25) is 0 Å². The van der Waals surface area contributed by atoms with Gasteiger partial charge in [0.05, 0.1) is 0 Å². The van der Waals surface area contributed by atoms with Gasteiger partial charge in [-0.3, -0.25) is 0 Å². The Labute approximate surface area is 50.1 Å². The van der Waals surface area contributed by atoms with Gasteiger partial charge in [-0.15, -0.1) is 0 Å². The zero-order valence-electron chi connectivity index (χ0n) is 5.64. The van der Waals surface area contributed by atoms with Crippen molar-refractivity contribution >= 4 is 0 Å². The standard InChI is InChI=1S/C5H14N2O/c1-4(2)5(3)7-8-6/h4-5,7H,6H2,1-3H3. The zero-order chi connectivity index (χ0) is 6.57. The van der Waals surface area contributed by atoms with Crippen LogP contribution in [0.1, 0.15) is 20.8 Å². The highest BCUT2D eigenvalue weighted by atomic mass is 16.8. The maximum Gasteiger partial charge on any atom is 0.0335 e. The average Bonchev–Trinajstić information content (AvgIpc) is 1.67. The molecule has 8 heavy (non-hydrogen) atoms. The van der Waals surface area contributed by atoms with Crippen LogP contribution in [0.25, 0.3) is 0 Å². The Morgan fingerprint density at radius 3 is 2.00 bits per heavy atom. The summed E-state index contributed by atoms with van der Waals surface area (Å²) in [7, 11) is 0. The fraction of sp³-hybridized carbons (Fsp3) is 1.00. The van der Waals surface area contributed by atoms with Gasteiger partial charge in [-0.1, -0.05) is 13.8 Å². The van der Waals surface area contributed by atoms with Crippen molar-refractivity contribution in [2.75, 3.05) is 0 Å². The van der Waals surface area contributed by atoms with E-state index in [1.165, 1.54) is 0 Å². The molecule has 0 heterocycles. The van der Waals surface area contributed by atoms with Crippen molar-refractivity contribution in [2.45, 2.75) is 26.8 Å². The lowest BCUT2D eigenvalue weighted by Crippen LogP contribution is -2.33. The lowest BCUT2D eigenvalue weighted by Gasteiger charge is -2.13. The van der Waals surface area contributed by atoms with E-state index in [0.29, 0.717) is 12.0 Å². The Balaban J connectivity index is 3.17. The largest absolute Gasteiger partial charge is 0.217 e. The normalized spacial score (nSPS) is 14.6. The van der Waals surface area contributed by atoms with Crippen molar-refractivity contribution in [3.8, 4) is 0 Å². The second kappa shape index (κ2) is 3.83. The molecule has 50 valence electrons. The first-order valence-electron chi connectivity index (χ1n) is 2.79. The molecule has 0 saturated carbocycles. The molecule has 3 N–H and O–H groups in total. The molecule has 1 unspecified atom stereocenters. The number of hydroxylamine groups is 1. The molecular formula is C5H14N2O. The summed E-state index contributed by atoms with van der Waals surface area (Å²) in [6, 6.07) is 0.319. The van der Waals surface area contributed by atoms with Crippen LogP contribution < -0.4 is 11.4 Å². The topological polar surface area (TPSA) is 47.3 Å². The molecule has 0 rings (SSSR count). The van der Waals surface area contributed by atoms with Crippen LogP contribution in [-0.4, -0.2) is 6.04 Å². The van der Waals surface area contributed by atoms with Crippen LogP contribution >= 0.6 is 0 Å². The summed E-state index contributed by atoms with van der Waals surface area (Å²) in [5.74, 6) is 5.31. The zero-order valence-corrected chi connectivity index (χ0v) is 5.64. The number of hydrogen-bond acceptors (Lipinski definition) is 3. The van der Waals surface area contributed by atoms with E-state index in [0.717, 1.165) is 0 Å². The Morgan fingerprint density at radius 1 is 1.38 bits per heavy atom. The minimum Gasteiger partial charge on any atom is -0.217 e. The molecule has 0 saturated heterocycles. The van der Waals surface area contributed by atoms with Crippen molar-refractivity contribution in [1.82, 2.24) is 5.48 Å². The average molecular weight is 118 g/mol. The third kappa shape index (κ3) is 2.96. The van der Waals surface area contributed by atoms with Crippen molar-refractivity contribution < 1.29 is 4.94 Å². The van der Waals surface area contributed by atoms with Crippen LogP contribution in [0, 0.1) is 5.92 Å². The summed E-state index contributed by atoms with van der Waals surface area (Å²) >= 11 is 0. The van der Waals surface area contributed by atoms with E-state index >= 15 is 0 Å². The van der Waals surface area contributed by atoms with E-state index in [9.17, 15) is 0 Å². The van der Waals surface area contributed by atoms with Crippen LogP contribution in [0.15, 0.2) is 0 Å². The van der Waals surface area contributed by atoms with Crippen molar-refractivity contribution in [3.05, 3.63) is 0 Å². The summed E-state index contributed by atoms with van der Waals surface area (Å²) in [5.41, 5.74) is 2.62. The number of nitrogens with two attached hydrogens (primary N) is 1. The molecule has 0 spiro atoms. The molecule has 0 bridgehead atoms.